The molecule has 6 heteroatoms. The molecule has 0 spiro atoms. The molecular weight excluding hydrogens is 228 g/mol. The minimum absolute atomic E-state index is 0.0487. The topological polar surface area (TPSA) is 92.5 Å². The number of nitrogens with two attached hydrogens (primary N) is 1. The van der Waals surface area contributed by atoms with Gasteiger partial charge in [0.05, 0.1) is 0 Å². The highest BCUT2D eigenvalue weighted by Crippen LogP contribution is 2.37. The van der Waals surface area contributed by atoms with Crippen LogP contribution in [-0.4, -0.2) is 33.0 Å². The molecule has 0 saturated carbocycles. The van der Waals surface area contributed by atoms with Gasteiger partial charge >= 0.3 is 0 Å². The van der Waals surface area contributed by atoms with Crippen molar-refractivity contribution in [3.05, 3.63) is 12.2 Å². The normalized spacial score (nSPS) is 24.2. The molecule has 3 rings (SSSR count). The molecule has 3 heterocycles. The van der Waals surface area contributed by atoms with Gasteiger partial charge in [0.1, 0.15) is 17.7 Å². The Morgan fingerprint density at radius 2 is 2.22 bits per heavy atom. The van der Waals surface area contributed by atoms with Crippen molar-refractivity contribution in [2.24, 2.45) is 5.92 Å². The summed E-state index contributed by atoms with van der Waals surface area (Å²) >= 11 is 0. The van der Waals surface area contributed by atoms with Crippen LogP contribution in [0.5, 0.6) is 0 Å². The lowest BCUT2D eigenvalue weighted by Gasteiger charge is -2.30. The first-order valence-electron chi connectivity index (χ1n) is 6.31. The maximum absolute atomic E-state index is 5.85. The maximum Gasteiger partial charge on any atom is 0.183 e. The van der Waals surface area contributed by atoms with Gasteiger partial charge in [-0.3, -0.25) is 0 Å². The van der Waals surface area contributed by atoms with Crippen molar-refractivity contribution >= 4 is 17.0 Å². The zero-order valence-corrected chi connectivity index (χ0v) is 10.7. The van der Waals surface area contributed by atoms with E-state index in [9.17, 15) is 0 Å². The number of fused-ring (bicyclic) bond motifs is 1. The van der Waals surface area contributed by atoms with Crippen LogP contribution in [-0.2, 0) is 5.41 Å². The Morgan fingerprint density at radius 3 is 2.83 bits per heavy atom. The molecule has 0 bridgehead atoms. The van der Waals surface area contributed by atoms with Gasteiger partial charge in [-0.05, 0) is 18.9 Å². The van der Waals surface area contributed by atoms with E-state index >= 15 is 0 Å². The van der Waals surface area contributed by atoms with Crippen LogP contribution in [0.2, 0.25) is 0 Å². The quantitative estimate of drug-likeness (QED) is 0.729. The van der Waals surface area contributed by atoms with Gasteiger partial charge in [-0.15, -0.1) is 0 Å². The van der Waals surface area contributed by atoms with Crippen molar-refractivity contribution in [1.82, 2.24) is 25.3 Å². The Kier molecular flexibility index (Phi) is 2.48. The number of H-pyrrole nitrogens is 1. The Labute approximate surface area is 105 Å². The monoisotopic (exact) mass is 246 g/mol. The van der Waals surface area contributed by atoms with Crippen molar-refractivity contribution in [2.75, 3.05) is 18.8 Å². The van der Waals surface area contributed by atoms with Crippen LogP contribution in [0.3, 0.4) is 0 Å². The van der Waals surface area contributed by atoms with Crippen molar-refractivity contribution in [3.8, 4) is 0 Å². The second-order valence-electron chi connectivity index (χ2n) is 5.28. The lowest BCUT2D eigenvalue weighted by molar-refractivity contribution is 0.320. The van der Waals surface area contributed by atoms with Gasteiger partial charge in [-0.2, -0.15) is 0 Å². The Bertz CT molecular complexity index is 567. The molecule has 1 fully saturated rings. The molecule has 2 aromatic heterocycles. The average molecular weight is 246 g/mol. The van der Waals surface area contributed by atoms with Crippen LogP contribution in [0, 0.1) is 5.92 Å². The van der Waals surface area contributed by atoms with Gasteiger partial charge in [-0.25, -0.2) is 15.0 Å². The number of imidazole rings is 1. The molecule has 0 amide bonds. The summed E-state index contributed by atoms with van der Waals surface area (Å²) < 4.78 is 0. The Hall–Kier alpha value is -1.69. The Balaban J connectivity index is 2.16. The number of hydrogen-bond acceptors (Lipinski definition) is 5. The van der Waals surface area contributed by atoms with E-state index in [0.717, 1.165) is 30.9 Å². The summed E-state index contributed by atoms with van der Waals surface area (Å²) in [6, 6.07) is 0. The van der Waals surface area contributed by atoms with E-state index in [1.165, 1.54) is 6.33 Å². The SMILES string of the molecule is CC(C)C1(c2nc3ncnc(N)c3[nH]2)CCNC1. The standard InChI is InChI=1S/C12H18N6/c1-7(2)12(3-4-14-5-12)11-17-8-9(13)15-6-16-10(8)18-11/h6-7,14H,3-5H2,1-2H3,(H3,13,15,16,17,18). The number of anilines is 1. The lowest BCUT2D eigenvalue weighted by atomic mass is 9.76. The van der Waals surface area contributed by atoms with Gasteiger partial charge < -0.3 is 16.0 Å². The third kappa shape index (κ3) is 1.49. The van der Waals surface area contributed by atoms with E-state index in [-0.39, 0.29) is 5.41 Å². The molecular formula is C12H18N6. The predicted octanol–water partition coefficient (Wildman–Crippen LogP) is 0.822. The molecule has 1 aliphatic heterocycles. The fourth-order valence-corrected chi connectivity index (χ4v) is 2.76. The minimum Gasteiger partial charge on any atom is -0.382 e. The third-order valence-electron chi connectivity index (χ3n) is 4.08. The summed E-state index contributed by atoms with van der Waals surface area (Å²) in [5.74, 6) is 1.94. The van der Waals surface area contributed by atoms with Gasteiger partial charge in [-0.1, -0.05) is 13.8 Å². The third-order valence-corrected chi connectivity index (χ3v) is 4.08. The molecule has 18 heavy (non-hydrogen) atoms. The summed E-state index contributed by atoms with van der Waals surface area (Å²) in [4.78, 5) is 16.1. The number of nitrogens with zero attached hydrogens (tertiary/aromatic N) is 3. The summed E-state index contributed by atoms with van der Waals surface area (Å²) in [5.41, 5.74) is 7.30. The first-order chi connectivity index (χ1) is 8.63. The molecule has 4 N–H and O–H groups in total. The highest BCUT2D eigenvalue weighted by Gasteiger charge is 2.41. The predicted molar refractivity (Wildman–Crippen MR) is 70.1 cm³/mol. The van der Waals surface area contributed by atoms with Gasteiger partial charge in [0.15, 0.2) is 11.5 Å². The summed E-state index contributed by atoms with van der Waals surface area (Å²) in [6.45, 7) is 6.43. The van der Waals surface area contributed by atoms with Gasteiger partial charge in [0.2, 0.25) is 0 Å². The average Bonchev–Trinajstić information content (AvgIpc) is 2.96. The number of aromatic amines is 1. The molecule has 2 aromatic rings. The van der Waals surface area contributed by atoms with E-state index in [1.807, 2.05) is 0 Å². The first-order valence-corrected chi connectivity index (χ1v) is 6.31. The molecule has 1 unspecified atom stereocenters. The Morgan fingerprint density at radius 1 is 1.39 bits per heavy atom. The summed E-state index contributed by atoms with van der Waals surface area (Å²) in [7, 11) is 0. The number of nitrogen functional groups attached to an aromatic ring is 1. The smallest absolute Gasteiger partial charge is 0.183 e. The van der Waals surface area contributed by atoms with E-state index in [0.29, 0.717) is 17.4 Å². The van der Waals surface area contributed by atoms with Crippen LogP contribution in [0.25, 0.3) is 11.2 Å². The molecule has 0 radical (unpaired) electrons. The summed E-state index contributed by atoms with van der Waals surface area (Å²) in [5, 5.41) is 3.42. The number of hydrogen-bond donors (Lipinski definition) is 3. The lowest BCUT2D eigenvalue weighted by Crippen LogP contribution is -2.35. The molecule has 1 aliphatic rings. The van der Waals surface area contributed by atoms with Crippen LogP contribution < -0.4 is 11.1 Å². The zero-order chi connectivity index (χ0) is 12.8. The molecule has 96 valence electrons. The number of rotatable bonds is 2. The van der Waals surface area contributed by atoms with Crippen molar-refractivity contribution in [1.29, 1.82) is 0 Å². The number of aromatic nitrogens is 4. The summed E-state index contributed by atoms with van der Waals surface area (Å²) in [6.07, 6.45) is 2.54. The largest absolute Gasteiger partial charge is 0.382 e. The highest BCUT2D eigenvalue weighted by atomic mass is 15.1. The van der Waals surface area contributed by atoms with Crippen LogP contribution in [0.15, 0.2) is 6.33 Å². The molecule has 0 aliphatic carbocycles. The molecule has 0 aromatic carbocycles. The zero-order valence-electron chi connectivity index (χ0n) is 10.7. The molecule has 1 atom stereocenters. The van der Waals surface area contributed by atoms with Crippen LogP contribution in [0.4, 0.5) is 5.82 Å². The second kappa shape index (κ2) is 3.91. The van der Waals surface area contributed by atoms with Crippen molar-refractivity contribution in [3.63, 3.8) is 0 Å². The second-order valence-corrected chi connectivity index (χ2v) is 5.28. The maximum atomic E-state index is 5.85. The number of nitrogens with one attached hydrogen (secondary N) is 2. The van der Waals surface area contributed by atoms with Gasteiger partial charge in [0, 0.05) is 12.0 Å². The van der Waals surface area contributed by atoms with E-state index in [1.54, 1.807) is 0 Å². The van der Waals surface area contributed by atoms with E-state index in [4.69, 9.17) is 5.73 Å². The van der Waals surface area contributed by atoms with Crippen molar-refractivity contribution in [2.45, 2.75) is 25.7 Å². The van der Waals surface area contributed by atoms with Crippen LogP contribution >= 0.6 is 0 Å². The highest BCUT2D eigenvalue weighted by molar-refractivity contribution is 5.81. The fraction of sp³-hybridized carbons (Fsp3) is 0.583. The van der Waals surface area contributed by atoms with Crippen molar-refractivity contribution < 1.29 is 0 Å². The first kappa shape index (κ1) is 11.4. The fourth-order valence-electron chi connectivity index (χ4n) is 2.76. The minimum atomic E-state index is 0.0487. The van der Waals surface area contributed by atoms with E-state index < -0.39 is 0 Å². The molecule has 6 nitrogen and oxygen atoms in total. The van der Waals surface area contributed by atoms with Crippen LogP contribution in [0.1, 0.15) is 26.1 Å². The van der Waals surface area contributed by atoms with E-state index in [2.05, 4.69) is 39.1 Å². The van der Waals surface area contributed by atoms with Gasteiger partial charge in [0.25, 0.3) is 0 Å². The molecule has 1 saturated heterocycles.